The zero-order chi connectivity index (χ0) is 18.0. The quantitative estimate of drug-likeness (QED) is 0.457. The van der Waals surface area contributed by atoms with Gasteiger partial charge in [-0.15, -0.1) is 0 Å². The number of allylic oxidation sites excluding steroid dienone is 2. The molecule has 0 saturated heterocycles. The molecule has 1 aliphatic heterocycles. The maximum atomic E-state index is 11.6. The van der Waals surface area contributed by atoms with E-state index in [1.54, 1.807) is 16.5 Å². The lowest BCUT2D eigenvalue weighted by molar-refractivity contribution is -0.392. The van der Waals surface area contributed by atoms with Crippen LogP contribution in [0.15, 0.2) is 58.4 Å². The second-order valence-electron chi connectivity index (χ2n) is 5.45. The van der Waals surface area contributed by atoms with Crippen molar-refractivity contribution >= 4 is 29.1 Å². The minimum Gasteiger partial charge on any atom is -0.368 e. The molecule has 2 aromatic rings. The van der Waals surface area contributed by atoms with E-state index in [1.807, 2.05) is 30.3 Å². The van der Waals surface area contributed by atoms with E-state index < -0.39 is 16.5 Å². The number of nitrogens with zero attached hydrogens (tertiary/aromatic N) is 4. The number of imidazole rings is 1. The summed E-state index contributed by atoms with van der Waals surface area (Å²) in [6, 6.07) is 9.24. The highest BCUT2D eigenvalue weighted by Gasteiger charge is 2.27. The Labute approximate surface area is 147 Å². The number of hydrogen-bond donors (Lipinski definition) is 0. The highest BCUT2D eigenvalue weighted by Crippen LogP contribution is 2.34. The largest absolute Gasteiger partial charge is 0.396 e. The molecule has 0 fully saturated rings. The van der Waals surface area contributed by atoms with Gasteiger partial charge in [-0.3, -0.25) is 14.2 Å². The van der Waals surface area contributed by atoms with Crippen molar-refractivity contribution < 1.29 is 14.5 Å². The highest BCUT2D eigenvalue weighted by molar-refractivity contribution is 7.99. The molecule has 1 aromatic heterocycles. The molecule has 0 bridgehead atoms. The van der Waals surface area contributed by atoms with Crippen molar-refractivity contribution in [2.75, 3.05) is 13.6 Å². The van der Waals surface area contributed by atoms with Crippen LogP contribution < -0.4 is 0 Å². The van der Waals surface area contributed by atoms with Crippen LogP contribution >= 0.6 is 11.8 Å². The monoisotopic (exact) mass is 358 g/mol. The molecule has 0 N–H and O–H groups in total. The van der Waals surface area contributed by atoms with Crippen molar-refractivity contribution in [3.63, 3.8) is 0 Å². The number of likely N-dealkylation sites (N-methyl/N-ethyl adjacent to an activating group) is 1. The van der Waals surface area contributed by atoms with Crippen LogP contribution in [0.2, 0.25) is 0 Å². The Bertz CT molecular complexity index is 876. The van der Waals surface area contributed by atoms with E-state index in [2.05, 4.69) is 4.98 Å². The molecule has 3 rings (SSSR count). The smallest absolute Gasteiger partial charge is 0.368 e. The van der Waals surface area contributed by atoms with Gasteiger partial charge in [0.15, 0.2) is 5.03 Å². The molecule has 0 radical (unpaired) electrons. The molecule has 0 amide bonds. The fourth-order valence-corrected chi connectivity index (χ4v) is 3.34. The van der Waals surface area contributed by atoms with E-state index in [9.17, 15) is 19.7 Å². The molecule has 8 nitrogen and oxygen atoms in total. The first-order chi connectivity index (χ1) is 12.0. The predicted octanol–water partition coefficient (Wildman–Crippen LogP) is 1.91. The molecule has 0 aliphatic carbocycles. The molecule has 1 aliphatic rings. The van der Waals surface area contributed by atoms with Gasteiger partial charge in [0.1, 0.15) is 0 Å². The number of benzene rings is 1. The summed E-state index contributed by atoms with van der Waals surface area (Å²) in [4.78, 5) is 40.2. The zero-order valence-corrected chi connectivity index (χ0v) is 14.1. The lowest BCUT2D eigenvalue weighted by atomic mass is 10.1. The number of ketones is 2. The van der Waals surface area contributed by atoms with Gasteiger partial charge in [-0.25, -0.2) is 0 Å². The maximum Gasteiger partial charge on any atom is 0.396 e. The average molecular weight is 358 g/mol. The van der Waals surface area contributed by atoms with Crippen molar-refractivity contribution in [2.45, 2.75) is 16.5 Å². The Morgan fingerprint density at radius 2 is 2.00 bits per heavy atom. The Balaban J connectivity index is 1.94. The van der Waals surface area contributed by atoms with Crippen molar-refractivity contribution in [3.05, 3.63) is 58.5 Å². The topological polar surface area (TPSA) is 98.3 Å². The fourth-order valence-electron chi connectivity index (χ4n) is 2.38. The van der Waals surface area contributed by atoms with Crippen LogP contribution in [0.1, 0.15) is 0 Å². The average Bonchev–Trinajstić information content (AvgIpc) is 2.96. The lowest BCUT2D eigenvalue weighted by Crippen LogP contribution is -2.36. The molecular weight excluding hydrogens is 344 g/mol. The highest BCUT2D eigenvalue weighted by atomic mass is 32.2. The molecule has 0 spiro atoms. The van der Waals surface area contributed by atoms with Crippen molar-refractivity contribution in [1.29, 1.82) is 0 Å². The van der Waals surface area contributed by atoms with Crippen molar-refractivity contribution in [2.24, 2.45) is 0 Å². The maximum absolute atomic E-state index is 11.6. The van der Waals surface area contributed by atoms with Crippen LogP contribution in [0.25, 0.3) is 0 Å². The van der Waals surface area contributed by atoms with E-state index in [4.69, 9.17) is 0 Å². The van der Waals surface area contributed by atoms with Crippen molar-refractivity contribution in [1.82, 2.24) is 14.5 Å². The molecule has 0 unspecified atom stereocenters. The molecule has 0 atom stereocenters. The summed E-state index contributed by atoms with van der Waals surface area (Å²) in [5.41, 5.74) is 0.604. The van der Waals surface area contributed by atoms with Gasteiger partial charge in [-0.1, -0.05) is 30.0 Å². The number of aromatic nitrogens is 2. The van der Waals surface area contributed by atoms with Crippen LogP contribution in [0.5, 0.6) is 0 Å². The number of carbonyl (C=O) groups excluding carboxylic acids is 2. The Morgan fingerprint density at radius 3 is 2.68 bits per heavy atom. The summed E-state index contributed by atoms with van der Waals surface area (Å²) in [5.74, 6) is -1.27. The van der Waals surface area contributed by atoms with Gasteiger partial charge in [0.05, 0.1) is 13.1 Å². The molecule has 1 aromatic carbocycles. The van der Waals surface area contributed by atoms with Crippen LogP contribution in [0.3, 0.4) is 0 Å². The summed E-state index contributed by atoms with van der Waals surface area (Å²) in [6.07, 6.45) is 2.65. The minimum atomic E-state index is -0.556. The molecule has 25 heavy (non-hydrogen) atoms. The molecular formula is C16H14N4O4S. The van der Waals surface area contributed by atoms with Gasteiger partial charge in [0.25, 0.3) is 0 Å². The Kier molecular flexibility index (Phi) is 4.66. The first-order valence-corrected chi connectivity index (χ1v) is 8.18. The fraction of sp³-hybridized carbons (Fsp3) is 0.188. The zero-order valence-electron chi connectivity index (χ0n) is 13.3. The van der Waals surface area contributed by atoms with E-state index in [-0.39, 0.29) is 18.9 Å². The number of carbonyl (C=O) groups is 2. The summed E-state index contributed by atoms with van der Waals surface area (Å²) in [7, 11) is 1.70. The number of rotatable bonds is 5. The van der Waals surface area contributed by atoms with E-state index in [0.29, 0.717) is 10.7 Å². The van der Waals surface area contributed by atoms with E-state index >= 15 is 0 Å². The van der Waals surface area contributed by atoms with Crippen LogP contribution in [0.4, 0.5) is 5.82 Å². The van der Waals surface area contributed by atoms with Gasteiger partial charge in [-0.05, 0) is 22.0 Å². The van der Waals surface area contributed by atoms with Gasteiger partial charge in [0, 0.05) is 23.7 Å². The Hall–Kier alpha value is -2.94. The molecule has 0 saturated carbocycles. The number of Topliss-reactive ketones (excluding diaryl/α,β-unsaturated/α-hetero) is 1. The Morgan fingerprint density at radius 1 is 1.28 bits per heavy atom. The third-order valence-corrected chi connectivity index (χ3v) is 4.80. The van der Waals surface area contributed by atoms with Crippen LogP contribution in [0, 0.1) is 10.1 Å². The lowest BCUT2D eigenvalue weighted by Gasteiger charge is -2.25. The standard InChI is InChI=1S/C16H14N4O4S/c1-18-9-14(22)13(21)7-11(18)8-19-10-17-15(20(23)24)16(19)25-12-5-3-2-4-6-12/h2-7,10H,8-9H2,1H3. The van der Waals surface area contributed by atoms with Crippen LogP contribution in [-0.4, -0.2) is 44.5 Å². The summed E-state index contributed by atoms with van der Waals surface area (Å²) < 4.78 is 1.61. The van der Waals surface area contributed by atoms with Crippen molar-refractivity contribution in [3.8, 4) is 0 Å². The number of hydrogen-bond acceptors (Lipinski definition) is 7. The summed E-state index contributed by atoms with van der Waals surface area (Å²) >= 11 is 1.23. The van der Waals surface area contributed by atoms with Gasteiger partial charge in [0.2, 0.25) is 17.9 Å². The predicted molar refractivity (Wildman–Crippen MR) is 90.2 cm³/mol. The molecule has 2 heterocycles. The summed E-state index contributed by atoms with van der Waals surface area (Å²) in [6.45, 7) is 0.216. The first kappa shape index (κ1) is 16.9. The summed E-state index contributed by atoms with van der Waals surface area (Å²) in [5, 5.41) is 11.6. The third kappa shape index (κ3) is 3.61. The number of nitro groups is 1. The van der Waals surface area contributed by atoms with Gasteiger partial charge < -0.3 is 15.0 Å². The van der Waals surface area contributed by atoms with Gasteiger partial charge in [-0.2, -0.15) is 0 Å². The third-order valence-electron chi connectivity index (χ3n) is 3.68. The first-order valence-electron chi connectivity index (χ1n) is 7.37. The normalized spacial score (nSPS) is 14.6. The van der Waals surface area contributed by atoms with E-state index in [0.717, 1.165) is 4.90 Å². The second kappa shape index (κ2) is 6.89. The van der Waals surface area contributed by atoms with E-state index in [1.165, 1.54) is 24.2 Å². The molecule has 9 heteroatoms. The second-order valence-corrected chi connectivity index (χ2v) is 6.51. The SMILES string of the molecule is CN1CC(=O)C(=O)C=C1Cn1cnc([N+](=O)[O-])c1Sc1ccccc1. The van der Waals surface area contributed by atoms with Gasteiger partial charge >= 0.3 is 5.82 Å². The minimum absolute atomic E-state index is 0.00260. The molecule has 128 valence electrons. The van der Waals surface area contributed by atoms with Crippen LogP contribution in [-0.2, 0) is 16.1 Å².